The summed E-state index contributed by atoms with van der Waals surface area (Å²) in [6, 6.07) is 17.4. The largest absolute Gasteiger partial charge is 0.445 e. The molecule has 6 heteroatoms. The monoisotopic (exact) mass is 377 g/mol. The Hall–Kier alpha value is -3.15. The zero-order chi connectivity index (χ0) is 19.5. The topological polar surface area (TPSA) is 64.4 Å². The Morgan fingerprint density at radius 3 is 2.64 bits per heavy atom. The SMILES string of the molecule is CC(=O)c1nc2ccccc2n1C[C@@H]1CCN(C(=O)OCc2ccccc2)C1. The average molecular weight is 377 g/mol. The molecule has 0 unspecified atom stereocenters. The van der Waals surface area contributed by atoms with Gasteiger partial charge in [0.15, 0.2) is 11.6 Å². The number of carbonyl (C=O) groups is 2. The van der Waals surface area contributed by atoms with E-state index in [4.69, 9.17) is 4.74 Å². The molecule has 28 heavy (non-hydrogen) atoms. The summed E-state index contributed by atoms with van der Waals surface area (Å²) in [6.07, 6.45) is 0.596. The number of ether oxygens (including phenoxy) is 1. The highest BCUT2D eigenvalue weighted by molar-refractivity contribution is 5.94. The van der Waals surface area contributed by atoms with Gasteiger partial charge in [0.25, 0.3) is 0 Å². The van der Waals surface area contributed by atoms with Gasteiger partial charge in [-0.15, -0.1) is 0 Å². The predicted molar refractivity (Wildman–Crippen MR) is 106 cm³/mol. The molecule has 2 heterocycles. The van der Waals surface area contributed by atoms with Crippen LogP contribution in [0.15, 0.2) is 54.6 Å². The fraction of sp³-hybridized carbons (Fsp3) is 0.318. The lowest BCUT2D eigenvalue weighted by atomic mass is 10.1. The van der Waals surface area contributed by atoms with Crippen LogP contribution in [0.1, 0.15) is 29.5 Å². The third kappa shape index (κ3) is 3.76. The molecular weight excluding hydrogens is 354 g/mol. The summed E-state index contributed by atoms with van der Waals surface area (Å²) in [7, 11) is 0. The smallest absolute Gasteiger partial charge is 0.410 e. The van der Waals surface area contributed by atoms with Crippen LogP contribution in [0, 0.1) is 5.92 Å². The molecule has 1 aromatic heterocycles. The molecule has 0 aliphatic carbocycles. The summed E-state index contributed by atoms with van der Waals surface area (Å²) in [4.78, 5) is 30.6. The number of imidazole rings is 1. The van der Waals surface area contributed by atoms with Crippen LogP contribution in [-0.2, 0) is 17.9 Å². The second-order valence-electron chi connectivity index (χ2n) is 7.23. The minimum atomic E-state index is -0.284. The van der Waals surface area contributed by atoms with E-state index >= 15 is 0 Å². The fourth-order valence-electron chi connectivity index (χ4n) is 3.75. The van der Waals surface area contributed by atoms with Crippen molar-refractivity contribution in [1.82, 2.24) is 14.5 Å². The highest BCUT2D eigenvalue weighted by Gasteiger charge is 2.29. The van der Waals surface area contributed by atoms with Crippen LogP contribution in [-0.4, -0.2) is 39.4 Å². The molecule has 1 amide bonds. The first-order valence-corrected chi connectivity index (χ1v) is 9.53. The minimum Gasteiger partial charge on any atom is -0.445 e. The van der Waals surface area contributed by atoms with Crippen LogP contribution < -0.4 is 0 Å². The number of amides is 1. The molecule has 6 nitrogen and oxygen atoms in total. The number of carbonyl (C=O) groups excluding carboxylic acids is 2. The van der Waals surface area contributed by atoms with Crippen LogP contribution in [0.2, 0.25) is 0 Å². The number of Topliss-reactive ketones (excluding diaryl/α,β-unsaturated/α-hetero) is 1. The van der Waals surface area contributed by atoms with Crippen molar-refractivity contribution in [2.75, 3.05) is 13.1 Å². The summed E-state index contributed by atoms with van der Waals surface area (Å²) >= 11 is 0. The molecule has 2 aromatic carbocycles. The van der Waals surface area contributed by atoms with Crippen LogP contribution in [0.3, 0.4) is 0 Å². The van der Waals surface area contributed by atoms with E-state index in [0.717, 1.165) is 23.0 Å². The van der Waals surface area contributed by atoms with E-state index in [1.807, 2.05) is 59.2 Å². The summed E-state index contributed by atoms with van der Waals surface area (Å²) in [5, 5.41) is 0. The van der Waals surface area contributed by atoms with E-state index in [1.165, 1.54) is 0 Å². The normalized spacial score (nSPS) is 16.5. The molecule has 0 spiro atoms. The molecule has 0 N–H and O–H groups in total. The predicted octanol–water partition coefficient (Wildman–Crippen LogP) is 3.90. The third-order valence-electron chi connectivity index (χ3n) is 5.16. The summed E-state index contributed by atoms with van der Waals surface area (Å²) in [6.45, 7) is 3.77. The van der Waals surface area contributed by atoms with Crippen molar-refractivity contribution in [3.63, 3.8) is 0 Å². The molecule has 3 aromatic rings. The highest BCUT2D eigenvalue weighted by atomic mass is 16.6. The third-order valence-corrected chi connectivity index (χ3v) is 5.16. The number of ketones is 1. The van der Waals surface area contributed by atoms with E-state index < -0.39 is 0 Å². The van der Waals surface area contributed by atoms with Crippen LogP contribution in [0.5, 0.6) is 0 Å². The zero-order valence-corrected chi connectivity index (χ0v) is 15.9. The average Bonchev–Trinajstić information content (AvgIpc) is 3.33. The Balaban J connectivity index is 1.41. The number of rotatable bonds is 5. The number of benzene rings is 2. The number of para-hydroxylation sites is 2. The number of hydrogen-bond donors (Lipinski definition) is 0. The number of fused-ring (bicyclic) bond motifs is 1. The first kappa shape index (κ1) is 18.2. The van der Waals surface area contributed by atoms with E-state index in [-0.39, 0.29) is 24.4 Å². The first-order chi connectivity index (χ1) is 13.6. The van der Waals surface area contributed by atoms with Gasteiger partial charge < -0.3 is 14.2 Å². The van der Waals surface area contributed by atoms with Gasteiger partial charge in [-0.25, -0.2) is 9.78 Å². The van der Waals surface area contributed by atoms with Crippen molar-refractivity contribution in [3.8, 4) is 0 Å². The van der Waals surface area contributed by atoms with E-state index in [0.29, 0.717) is 25.5 Å². The fourth-order valence-corrected chi connectivity index (χ4v) is 3.75. The molecule has 1 aliphatic heterocycles. The highest BCUT2D eigenvalue weighted by Crippen LogP contribution is 2.24. The lowest BCUT2D eigenvalue weighted by Gasteiger charge is -2.17. The molecular formula is C22H23N3O3. The van der Waals surface area contributed by atoms with Gasteiger partial charge in [-0.1, -0.05) is 42.5 Å². The molecule has 0 bridgehead atoms. The first-order valence-electron chi connectivity index (χ1n) is 9.53. The van der Waals surface area contributed by atoms with Crippen molar-refractivity contribution >= 4 is 22.9 Å². The van der Waals surface area contributed by atoms with Crippen molar-refractivity contribution in [2.24, 2.45) is 5.92 Å². The van der Waals surface area contributed by atoms with Gasteiger partial charge >= 0.3 is 6.09 Å². The molecule has 1 saturated heterocycles. The minimum absolute atomic E-state index is 0.0478. The molecule has 1 atom stereocenters. The van der Waals surface area contributed by atoms with Gasteiger partial charge in [0.05, 0.1) is 11.0 Å². The van der Waals surface area contributed by atoms with Gasteiger partial charge in [0.2, 0.25) is 0 Å². The zero-order valence-electron chi connectivity index (χ0n) is 15.9. The summed E-state index contributed by atoms with van der Waals surface area (Å²) in [5.41, 5.74) is 2.75. The Bertz CT molecular complexity index is 997. The second-order valence-corrected chi connectivity index (χ2v) is 7.23. The van der Waals surface area contributed by atoms with Crippen LogP contribution in [0.4, 0.5) is 4.79 Å². The van der Waals surface area contributed by atoms with Crippen molar-refractivity contribution in [3.05, 3.63) is 66.0 Å². The van der Waals surface area contributed by atoms with Crippen molar-refractivity contribution in [1.29, 1.82) is 0 Å². The van der Waals surface area contributed by atoms with E-state index in [9.17, 15) is 9.59 Å². The summed E-state index contributed by atoms with van der Waals surface area (Å²) in [5.74, 6) is 0.694. The molecule has 144 valence electrons. The molecule has 1 fully saturated rings. The lowest BCUT2D eigenvalue weighted by molar-refractivity contribution is 0.0991. The van der Waals surface area contributed by atoms with Gasteiger partial charge in [0, 0.05) is 26.6 Å². The molecule has 0 radical (unpaired) electrons. The van der Waals surface area contributed by atoms with Gasteiger partial charge in [-0.3, -0.25) is 4.79 Å². The van der Waals surface area contributed by atoms with Crippen LogP contribution >= 0.6 is 0 Å². The van der Waals surface area contributed by atoms with Gasteiger partial charge in [-0.2, -0.15) is 0 Å². The van der Waals surface area contributed by atoms with Crippen LogP contribution in [0.25, 0.3) is 11.0 Å². The van der Waals surface area contributed by atoms with Crippen molar-refractivity contribution < 1.29 is 14.3 Å². The number of hydrogen-bond acceptors (Lipinski definition) is 4. The van der Waals surface area contributed by atoms with E-state index in [2.05, 4.69) is 4.98 Å². The van der Waals surface area contributed by atoms with Gasteiger partial charge in [0.1, 0.15) is 6.61 Å². The number of nitrogens with zero attached hydrogens (tertiary/aromatic N) is 3. The quantitative estimate of drug-likeness (QED) is 0.633. The number of likely N-dealkylation sites (tertiary alicyclic amines) is 1. The standard InChI is InChI=1S/C22H23N3O3/c1-16(26)21-23-19-9-5-6-10-20(19)25(21)14-18-11-12-24(13-18)22(27)28-15-17-7-3-2-4-8-17/h2-10,18H,11-15H2,1H3/t18-/m1/s1. The van der Waals surface area contributed by atoms with Crippen molar-refractivity contribution in [2.45, 2.75) is 26.5 Å². The Kier molecular flexibility index (Phi) is 5.10. The maximum absolute atomic E-state index is 12.4. The second kappa shape index (κ2) is 7.84. The lowest BCUT2D eigenvalue weighted by Crippen LogP contribution is -2.30. The van der Waals surface area contributed by atoms with Gasteiger partial charge in [-0.05, 0) is 30.0 Å². The maximum Gasteiger partial charge on any atom is 0.410 e. The summed E-state index contributed by atoms with van der Waals surface area (Å²) < 4.78 is 7.43. The molecule has 1 aliphatic rings. The molecule has 4 rings (SSSR count). The number of aromatic nitrogens is 2. The molecule has 0 saturated carbocycles. The Morgan fingerprint density at radius 1 is 1.11 bits per heavy atom. The maximum atomic E-state index is 12.4. The Morgan fingerprint density at radius 2 is 1.86 bits per heavy atom. The Labute approximate surface area is 163 Å². The van der Waals surface area contributed by atoms with E-state index in [1.54, 1.807) is 11.8 Å².